The van der Waals surface area contributed by atoms with Crippen LogP contribution in [-0.4, -0.2) is 32.0 Å². The van der Waals surface area contributed by atoms with E-state index < -0.39 is 36.0 Å². The zero-order valence-electron chi connectivity index (χ0n) is 16.0. The van der Waals surface area contributed by atoms with E-state index in [-0.39, 0.29) is 33.6 Å². The second-order valence-corrected chi connectivity index (χ2v) is 7.38. The first-order chi connectivity index (χ1) is 14.2. The van der Waals surface area contributed by atoms with Crippen LogP contribution in [0.2, 0.25) is 0 Å². The Morgan fingerprint density at radius 2 is 1.93 bits per heavy atom. The van der Waals surface area contributed by atoms with Gasteiger partial charge in [-0.05, 0) is 29.7 Å². The first-order valence-electron chi connectivity index (χ1n) is 9.21. The number of hydrogen-bond donors (Lipinski definition) is 2. The number of nitrogens with one attached hydrogen (secondary N) is 1. The number of fused-ring (bicyclic) bond motifs is 2. The van der Waals surface area contributed by atoms with E-state index in [1.807, 2.05) is 0 Å². The summed E-state index contributed by atoms with van der Waals surface area (Å²) in [5, 5.41) is 15.9. The van der Waals surface area contributed by atoms with Gasteiger partial charge in [-0.15, -0.1) is 0 Å². The third-order valence-corrected chi connectivity index (χ3v) is 5.11. The van der Waals surface area contributed by atoms with Gasteiger partial charge in [-0.25, -0.2) is 22.4 Å². The minimum atomic E-state index is -2.26. The largest absolute Gasteiger partial charge is 0.479 e. The number of hydrogen-bond acceptors (Lipinski definition) is 2. The smallest absolute Gasteiger partial charge is 0.338 e. The third-order valence-electron chi connectivity index (χ3n) is 5.11. The average Bonchev–Trinajstić information content (AvgIpc) is 3.27. The van der Waals surface area contributed by atoms with Crippen molar-refractivity contribution in [3.8, 4) is 5.69 Å². The minimum absolute atomic E-state index is 0.0177. The molecule has 0 aliphatic heterocycles. The summed E-state index contributed by atoms with van der Waals surface area (Å²) in [6.45, 7) is 3.54. The van der Waals surface area contributed by atoms with Crippen molar-refractivity contribution in [2.75, 3.05) is 0 Å². The standard InChI is InChI=1S/C21H17F4N3O2/c1-9(2)20-12(7-15(24)21(29)30)17-16(5-10-8-26-27-19(10)18(17)25)28(20)11-3-4-13(22)14(23)6-11/h3-6,8-9,15H,7H2,1-2H3,(H,26,27)(H,29,30)/t15-/m1/s1. The second-order valence-electron chi connectivity index (χ2n) is 7.38. The molecular formula is C21H17F4N3O2. The van der Waals surface area contributed by atoms with E-state index in [0.717, 1.165) is 12.1 Å². The molecule has 0 aliphatic rings. The first-order valence-corrected chi connectivity index (χ1v) is 9.21. The van der Waals surface area contributed by atoms with Crippen molar-refractivity contribution in [1.29, 1.82) is 0 Å². The Morgan fingerprint density at radius 1 is 1.20 bits per heavy atom. The van der Waals surface area contributed by atoms with E-state index in [0.29, 0.717) is 11.1 Å². The minimum Gasteiger partial charge on any atom is -0.479 e. The zero-order chi connectivity index (χ0) is 21.7. The molecule has 2 aromatic carbocycles. The topological polar surface area (TPSA) is 70.9 Å². The van der Waals surface area contributed by atoms with Crippen LogP contribution in [0.1, 0.15) is 31.0 Å². The van der Waals surface area contributed by atoms with E-state index in [2.05, 4.69) is 10.2 Å². The molecule has 4 aromatic rings. The molecule has 0 amide bonds. The summed E-state index contributed by atoms with van der Waals surface area (Å²) in [5.41, 5.74) is 1.16. The molecule has 156 valence electrons. The summed E-state index contributed by atoms with van der Waals surface area (Å²) in [7, 11) is 0. The van der Waals surface area contributed by atoms with E-state index in [9.17, 15) is 18.0 Å². The predicted molar refractivity (Wildman–Crippen MR) is 103 cm³/mol. The van der Waals surface area contributed by atoms with Crippen molar-refractivity contribution in [2.24, 2.45) is 0 Å². The number of carbonyl (C=O) groups is 1. The van der Waals surface area contributed by atoms with Crippen LogP contribution >= 0.6 is 0 Å². The molecule has 0 radical (unpaired) electrons. The number of rotatable bonds is 5. The van der Waals surface area contributed by atoms with Crippen molar-refractivity contribution in [3.63, 3.8) is 0 Å². The Hall–Kier alpha value is -3.36. The number of aromatic nitrogens is 3. The van der Waals surface area contributed by atoms with E-state index in [1.165, 1.54) is 16.8 Å². The molecule has 2 N–H and O–H groups in total. The first kappa shape index (κ1) is 19.9. The van der Waals surface area contributed by atoms with Gasteiger partial charge in [-0.2, -0.15) is 5.10 Å². The second kappa shape index (κ2) is 7.16. The Balaban J connectivity index is 2.15. The highest BCUT2D eigenvalue weighted by Gasteiger charge is 2.29. The number of nitrogens with zero attached hydrogens (tertiary/aromatic N) is 2. The molecule has 4 rings (SSSR count). The molecule has 0 spiro atoms. The Kier molecular flexibility index (Phi) is 4.76. The number of carboxylic acids is 1. The van der Waals surface area contributed by atoms with Crippen LogP contribution in [0.3, 0.4) is 0 Å². The number of aromatic amines is 1. The number of halogens is 4. The van der Waals surface area contributed by atoms with Gasteiger partial charge in [0.15, 0.2) is 17.5 Å². The van der Waals surface area contributed by atoms with Gasteiger partial charge in [-0.3, -0.25) is 5.10 Å². The van der Waals surface area contributed by atoms with Crippen LogP contribution < -0.4 is 0 Å². The van der Waals surface area contributed by atoms with Crippen LogP contribution in [0.4, 0.5) is 17.6 Å². The lowest BCUT2D eigenvalue weighted by Crippen LogP contribution is -2.18. The summed E-state index contributed by atoms with van der Waals surface area (Å²) in [6, 6.07) is 4.84. The molecule has 1 atom stereocenters. The van der Waals surface area contributed by atoms with Gasteiger partial charge in [0.25, 0.3) is 0 Å². The van der Waals surface area contributed by atoms with Crippen molar-refractivity contribution in [3.05, 3.63) is 59.2 Å². The van der Waals surface area contributed by atoms with E-state index in [4.69, 9.17) is 5.11 Å². The zero-order valence-corrected chi connectivity index (χ0v) is 16.0. The molecule has 0 saturated carbocycles. The molecule has 30 heavy (non-hydrogen) atoms. The van der Waals surface area contributed by atoms with Gasteiger partial charge in [0.1, 0.15) is 5.52 Å². The quantitative estimate of drug-likeness (QED) is 0.447. The highest BCUT2D eigenvalue weighted by Crippen LogP contribution is 2.39. The van der Waals surface area contributed by atoms with Crippen molar-refractivity contribution < 1.29 is 27.5 Å². The summed E-state index contributed by atoms with van der Waals surface area (Å²) in [4.78, 5) is 11.2. The summed E-state index contributed by atoms with van der Waals surface area (Å²) in [6.07, 6.45) is -1.43. The van der Waals surface area contributed by atoms with E-state index in [1.54, 1.807) is 19.9 Å². The summed E-state index contributed by atoms with van der Waals surface area (Å²) >= 11 is 0. The molecule has 0 unspecified atom stereocenters. The van der Waals surface area contributed by atoms with Crippen molar-refractivity contribution >= 4 is 27.8 Å². The number of aliphatic carboxylic acids is 1. The molecule has 0 fully saturated rings. The molecule has 0 saturated heterocycles. The Labute approximate surface area is 167 Å². The number of carboxylic acid groups (broad SMARTS) is 1. The fourth-order valence-corrected chi connectivity index (χ4v) is 3.88. The lowest BCUT2D eigenvalue weighted by Gasteiger charge is -2.16. The van der Waals surface area contributed by atoms with Crippen LogP contribution in [0.25, 0.3) is 27.5 Å². The molecule has 0 bridgehead atoms. The summed E-state index contributed by atoms with van der Waals surface area (Å²) < 4.78 is 58.7. The highest BCUT2D eigenvalue weighted by atomic mass is 19.2. The fraction of sp³-hybridized carbons (Fsp3) is 0.238. The third kappa shape index (κ3) is 3.01. The molecule has 5 nitrogen and oxygen atoms in total. The number of benzene rings is 2. The van der Waals surface area contributed by atoms with Crippen molar-refractivity contribution in [2.45, 2.75) is 32.4 Å². The lowest BCUT2D eigenvalue weighted by molar-refractivity contribution is -0.142. The monoisotopic (exact) mass is 419 g/mol. The van der Waals surface area contributed by atoms with Gasteiger partial charge >= 0.3 is 5.97 Å². The van der Waals surface area contributed by atoms with Gasteiger partial charge in [0.05, 0.1) is 11.7 Å². The van der Waals surface area contributed by atoms with Crippen molar-refractivity contribution in [1.82, 2.24) is 14.8 Å². The molecule has 9 heteroatoms. The highest BCUT2D eigenvalue weighted by molar-refractivity contribution is 5.99. The van der Waals surface area contributed by atoms with Gasteiger partial charge in [0, 0.05) is 34.6 Å². The maximum absolute atomic E-state index is 15.4. The SMILES string of the molecule is CC(C)c1c(C[C@@H](F)C(=O)O)c2c(F)c3[nH]ncc3cc2n1-c1ccc(F)c(F)c1. The number of H-pyrrole nitrogens is 1. The van der Waals surface area contributed by atoms with Crippen LogP contribution in [0.5, 0.6) is 0 Å². The molecule has 2 heterocycles. The Morgan fingerprint density at radius 3 is 2.57 bits per heavy atom. The van der Waals surface area contributed by atoms with Crippen LogP contribution in [0.15, 0.2) is 30.5 Å². The molecule has 2 aromatic heterocycles. The normalized spacial score (nSPS) is 12.9. The van der Waals surface area contributed by atoms with Gasteiger partial charge in [0.2, 0.25) is 6.17 Å². The maximum atomic E-state index is 15.4. The average molecular weight is 419 g/mol. The lowest BCUT2D eigenvalue weighted by atomic mass is 9.98. The fourth-order valence-electron chi connectivity index (χ4n) is 3.88. The van der Waals surface area contributed by atoms with Crippen LogP contribution in [0, 0.1) is 17.5 Å². The number of alkyl halides is 1. The van der Waals surface area contributed by atoms with Gasteiger partial charge < -0.3 is 9.67 Å². The van der Waals surface area contributed by atoms with E-state index >= 15 is 4.39 Å². The molecule has 0 aliphatic carbocycles. The predicted octanol–water partition coefficient (Wildman–Crippen LogP) is 5.01. The van der Waals surface area contributed by atoms with Gasteiger partial charge in [-0.1, -0.05) is 13.8 Å². The van der Waals surface area contributed by atoms with Crippen LogP contribution in [-0.2, 0) is 11.2 Å². The summed E-state index contributed by atoms with van der Waals surface area (Å²) in [5.74, 6) is -4.82. The molecular weight excluding hydrogens is 402 g/mol. The Bertz CT molecular complexity index is 1290. The maximum Gasteiger partial charge on any atom is 0.338 e.